The number of pyridine rings is 1. The van der Waals surface area contributed by atoms with Crippen molar-refractivity contribution < 1.29 is 9.59 Å². The Morgan fingerprint density at radius 1 is 1.19 bits per heavy atom. The van der Waals surface area contributed by atoms with E-state index in [-0.39, 0.29) is 23.8 Å². The fourth-order valence-electron chi connectivity index (χ4n) is 5.58. The summed E-state index contributed by atoms with van der Waals surface area (Å²) in [6.07, 6.45) is 10.8. The second-order valence-electron chi connectivity index (χ2n) is 8.45. The Kier molecular flexibility index (Phi) is 4.51. The van der Waals surface area contributed by atoms with E-state index < -0.39 is 0 Å². The molecule has 2 N–H and O–H groups in total. The van der Waals surface area contributed by atoms with Crippen LogP contribution in [0.5, 0.6) is 0 Å². The van der Waals surface area contributed by atoms with Gasteiger partial charge >= 0.3 is 0 Å². The first kappa shape index (κ1) is 17.2. The number of nitrogens with zero attached hydrogens (tertiary/aromatic N) is 2. The number of nitrogens with one attached hydrogen (secondary N) is 2. The van der Waals surface area contributed by atoms with Crippen molar-refractivity contribution in [3.63, 3.8) is 0 Å². The van der Waals surface area contributed by atoms with E-state index in [1.807, 2.05) is 0 Å². The van der Waals surface area contributed by atoms with Crippen LogP contribution >= 0.6 is 0 Å². The molecule has 0 saturated heterocycles. The van der Waals surface area contributed by atoms with E-state index in [1.54, 1.807) is 25.3 Å². The molecule has 4 aliphatic carbocycles. The predicted octanol–water partition coefficient (Wildman–Crippen LogP) is 2.66. The number of hydrazone groups is 1. The van der Waals surface area contributed by atoms with Crippen molar-refractivity contribution in [3.05, 3.63) is 30.1 Å². The number of hydrogen-bond acceptors (Lipinski definition) is 4. The summed E-state index contributed by atoms with van der Waals surface area (Å²) in [5, 5.41) is 7.40. The Morgan fingerprint density at radius 2 is 1.85 bits per heavy atom. The molecule has 0 spiro atoms. The van der Waals surface area contributed by atoms with Crippen LogP contribution in [-0.2, 0) is 4.79 Å². The van der Waals surface area contributed by atoms with Crippen LogP contribution in [0.15, 0.2) is 29.6 Å². The van der Waals surface area contributed by atoms with Gasteiger partial charge in [0, 0.05) is 23.6 Å². The molecule has 138 valence electrons. The highest BCUT2D eigenvalue weighted by Crippen LogP contribution is 2.55. The van der Waals surface area contributed by atoms with Gasteiger partial charge in [0.25, 0.3) is 5.91 Å². The number of rotatable bonds is 5. The maximum Gasteiger partial charge on any atom is 0.272 e. The second kappa shape index (κ2) is 6.82. The van der Waals surface area contributed by atoms with Crippen LogP contribution in [-0.4, -0.2) is 28.0 Å². The van der Waals surface area contributed by atoms with Gasteiger partial charge in [-0.2, -0.15) is 5.10 Å². The average molecular weight is 354 g/mol. The first-order chi connectivity index (χ1) is 12.5. The summed E-state index contributed by atoms with van der Waals surface area (Å²) in [7, 11) is 0. The molecule has 4 saturated carbocycles. The molecule has 1 aromatic heterocycles. The molecule has 1 heterocycles. The van der Waals surface area contributed by atoms with Crippen LogP contribution in [0.2, 0.25) is 0 Å². The van der Waals surface area contributed by atoms with Crippen molar-refractivity contribution in [3.8, 4) is 0 Å². The van der Waals surface area contributed by atoms with Gasteiger partial charge in [-0.15, -0.1) is 0 Å². The zero-order valence-corrected chi connectivity index (χ0v) is 15.2. The van der Waals surface area contributed by atoms with E-state index in [9.17, 15) is 9.59 Å². The molecule has 0 aliphatic heterocycles. The van der Waals surface area contributed by atoms with Gasteiger partial charge in [0.15, 0.2) is 0 Å². The molecule has 4 bridgehead atoms. The first-order valence-electron chi connectivity index (χ1n) is 9.56. The lowest BCUT2D eigenvalue weighted by molar-refractivity contribution is -0.125. The number of hydrogen-bond donors (Lipinski definition) is 2. The molecule has 0 atom stereocenters. The summed E-state index contributed by atoms with van der Waals surface area (Å²) in [4.78, 5) is 28.4. The van der Waals surface area contributed by atoms with Crippen molar-refractivity contribution >= 4 is 17.5 Å². The molecular weight excluding hydrogens is 328 g/mol. The van der Waals surface area contributed by atoms with Gasteiger partial charge in [-0.1, -0.05) is 0 Å². The van der Waals surface area contributed by atoms with Crippen molar-refractivity contribution in [2.45, 2.75) is 57.4 Å². The Balaban J connectivity index is 1.31. The summed E-state index contributed by atoms with van der Waals surface area (Å²) in [6.45, 7) is 1.77. The van der Waals surface area contributed by atoms with Crippen LogP contribution in [0, 0.1) is 17.8 Å². The fraction of sp³-hybridized carbons (Fsp3) is 0.600. The number of amides is 2. The molecule has 4 fully saturated rings. The van der Waals surface area contributed by atoms with Crippen molar-refractivity contribution in [1.82, 2.24) is 15.7 Å². The summed E-state index contributed by atoms with van der Waals surface area (Å²) in [5.74, 6) is 2.10. The van der Waals surface area contributed by atoms with Crippen LogP contribution < -0.4 is 10.7 Å². The summed E-state index contributed by atoms with van der Waals surface area (Å²) >= 11 is 0. The Hall–Kier alpha value is -2.24. The largest absolute Gasteiger partial charge is 0.350 e. The highest BCUT2D eigenvalue weighted by Gasteiger charge is 2.51. The van der Waals surface area contributed by atoms with Crippen molar-refractivity contribution in [2.75, 3.05) is 0 Å². The van der Waals surface area contributed by atoms with Crippen LogP contribution in [0.1, 0.15) is 62.2 Å². The van der Waals surface area contributed by atoms with E-state index >= 15 is 0 Å². The van der Waals surface area contributed by atoms with Crippen LogP contribution in [0.25, 0.3) is 0 Å². The maximum atomic E-state index is 12.5. The highest BCUT2D eigenvalue weighted by molar-refractivity contribution is 6.01. The molecule has 2 amide bonds. The molecule has 0 unspecified atom stereocenters. The van der Waals surface area contributed by atoms with Gasteiger partial charge in [0.2, 0.25) is 5.91 Å². The third-order valence-corrected chi connectivity index (χ3v) is 6.13. The zero-order chi connectivity index (χ0) is 18.1. The molecule has 1 aromatic rings. The van der Waals surface area contributed by atoms with E-state index in [0.717, 1.165) is 37.0 Å². The van der Waals surface area contributed by atoms with E-state index in [1.165, 1.54) is 25.5 Å². The minimum atomic E-state index is -0.320. The molecule has 26 heavy (non-hydrogen) atoms. The molecule has 6 heteroatoms. The molecule has 0 radical (unpaired) electrons. The third kappa shape index (κ3) is 3.64. The Morgan fingerprint density at radius 3 is 2.42 bits per heavy atom. The van der Waals surface area contributed by atoms with Gasteiger partial charge < -0.3 is 5.32 Å². The smallest absolute Gasteiger partial charge is 0.272 e. The summed E-state index contributed by atoms with van der Waals surface area (Å²) in [5.41, 5.74) is 3.56. The summed E-state index contributed by atoms with van der Waals surface area (Å²) in [6, 6.07) is 3.37. The molecule has 5 rings (SSSR count). The highest BCUT2D eigenvalue weighted by atomic mass is 16.2. The van der Waals surface area contributed by atoms with Crippen LogP contribution in [0.3, 0.4) is 0 Å². The number of carbonyl (C=O) groups excluding carboxylic acids is 2. The summed E-state index contributed by atoms with van der Waals surface area (Å²) < 4.78 is 0. The standard InChI is InChI=1S/C20H26N4O2/c1-13(23-24-19(26)17-3-2-4-21-12-17)5-18(25)22-20-9-14-6-15(10-20)8-16(7-14)11-20/h2-4,12,14-16H,5-11H2,1H3,(H,22,25)(H,24,26)/b23-13-. The molecule has 6 nitrogen and oxygen atoms in total. The maximum absolute atomic E-state index is 12.5. The van der Waals surface area contributed by atoms with Gasteiger partial charge in [-0.05, 0) is 75.3 Å². The zero-order valence-electron chi connectivity index (χ0n) is 15.2. The van der Waals surface area contributed by atoms with E-state index in [4.69, 9.17) is 0 Å². The first-order valence-corrected chi connectivity index (χ1v) is 9.56. The lowest BCUT2D eigenvalue weighted by Crippen LogP contribution is -2.60. The fourth-order valence-corrected chi connectivity index (χ4v) is 5.58. The van der Waals surface area contributed by atoms with Gasteiger partial charge in [-0.3, -0.25) is 14.6 Å². The third-order valence-electron chi connectivity index (χ3n) is 6.13. The lowest BCUT2D eigenvalue weighted by atomic mass is 9.53. The number of carbonyl (C=O) groups is 2. The van der Waals surface area contributed by atoms with Gasteiger partial charge in [-0.25, -0.2) is 5.43 Å². The SMILES string of the molecule is C/C(CC(=O)NC12CC3CC(CC(C3)C1)C2)=N/NC(=O)c1cccnc1. The van der Waals surface area contributed by atoms with E-state index in [2.05, 4.69) is 20.8 Å². The Labute approximate surface area is 153 Å². The topological polar surface area (TPSA) is 83.5 Å². The molecular formula is C20H26N4O2. The monoisotopic (exact) mass is 354 g/mol. The van der Waals surface area contributed by atoms with E-state index in [0.29, 0.717) is 11.3 Å². The average Bonchev–Trinajstić information content (AvgIpc) is 2.58. The lowest BCUT2D eigenvalue weighted by Gasteiger charge is -2.56. The normalized spacial score (nSPS) is 32.3. The van der Waals surface area contributed by atoms with Crippen LogP contribution in [0.4, 0.5) is 0 Å². The second-order valence-corrected chi connectivity index (χ2v) is 8.45. The number of aromatic nitrogens is 1. The van der Waals surface area contributed by atoms with Crippen molar-refractivity contribution in [1.29, 1.82) is 0 Å². The molecule has 0 aromatic carbocycles. The molecule has 4 aliphatic rings. The Bertz CT molecular complexity index is 693. The van der Waals surface area contributed by atoms with Gasteiger partial charge in [0.05, 0.1) is 12.0 Å². The minimum absolute atomic E-state index is 0.0174. The minimum Gasteiger partial charge on any atom is -0.350 e. The van der Waals surface area contributed by atoms with Crippen molar-refractivity contribution in [2.24, 2.45) is 22.9 Å². The predicted molar refractivity (Wildman–Crippen MR) is 98.5 cm³/mol. The van der Waals surface area contributed by atoms with Gasteiger partial charge in [0.1, 0.15) is 0 Å². The quantitative estimate of drug-likeness (QED) is 0.630.